The Morgan fingerprint density at radius 1 is 1.08 bits per heavy atom. The maximum absolute atomic E-state index is 11.2. The number of para-hydroxylation sites is 1. The van der Waals surface area contributed by atoms with Gasteiger partial charge >= 0.3 is 5.97 Å². The van der Waals surface area contributed by atoms with Crippen LogP contribution in [0.1, 0.15) is 15.9 Å². The average molecular weight is 340 g/mol. The van der Waals surface area contributed by atoms with Crippen molar-refractivity contribution in [2.75, 3.05) is 0 Å². The van der Waals surface area contributed by atoms with Gasteiger partial charge in [-0.2, -0.15) is 0 Å². The smallest absolute Gasteiger partial charge is 0.338 e. The number of aromatic carboxylic acids is 1. The van der Waals surface area contributed by atoms with E-state index in [1.807, 2.05) is 54.6 Å². The van der Waals surface area contributed by atoms with E-state index < -0.39 is 5.97 Å². The molecule has 120 valence electrons. The molecule has 3 aromatic rings. The summed E-state index contributed by atoms with van der Waals surface area (Å²) in [6.07, 6.45) is 1.54. The summed E-state index contributed by atoms with van der Waals surface area (Å²) in [5.74, 6) is -0.459. The van der Waals surface area contributed by atoms with Crippen LogP contribution in [0.5, 0.6) is 5.75 Å². The molecule has 0 aliphatic carbocycles. The van der Waals surface area contributed by atoms with E-state index in [0.29, 0.717) is 17.9 Å². The Labute approximate surface area is 144 Å². The lowest BCUT2D eigenvalue weighted by Crippen LogP contribution is -2.01. The summed E-state index contributed by atoms with van der Waals surface area (Å²) in [7, 11) is 0. The first-order chi connectivity index (χ1) is 11.6. The highest BCUT2D eigenvalue weighted by Gasteiger charge is 2.14. The predicted molar refractivity (Wildman–Crippen MR) is 92.4 cm³/mol. The van der Waals surface area contributed by atoms with Gasteiger partial charge in [0.05, 0.1) is 5.56 Å². The molecule has 0 fully saturated rings. The van der Waals surface area contributed by atoms with Gasteiger partial charge in [-0.25, -0.2) is 9.78 Å². The first-order valence-corrected chi connectivity index (χ1v) is 7.68. The van der Waals surface area contributed by atoms with Gasteiger partial charge in [0.1, 0.15) is 17.5 Å². The topological polar surface area (TPSA) is 59.4 Å². The summed E-state index contributed by atoms with van der Waals surface area (Å²) in [4.78, 5) is 15.2. The third kappa shape index (κ3) is 3.55. The molecular weight excluding hydrogens is 326 g/mol. The number of pyridine rings is 1. The number of carbonyl (C=O) groups is 1. The van der Waals surface area contributed by atoms with E-state index in [1.165, 1.54) is 6.07 Å². The van der Waals surface area contributed by atoms with Crippen LogP contribution in [0.4, 0.5) is 0 Å². The normalized spacial score (nSPS) is 10.4. The maximum Gasteiger partial charge on any atom is 0.338 e. The molecule has 1 aromatic heterocycles. The van der Waals surface area contributed by atoms with Gasteiger partial charge in [0, 0.05) is 17.3 Å². The molecule has 0 atom stereocenters. The predicted octanol–water partition coefficient (Wildman–Crippen LogP) is 4.68. The molecule has 0 aliphatic heterocycles. The number of carboxylic acids is 1. The Hall–Kier alpha value is -2.85. The number of rotatable bonds is 5. The lowest BCUT2D eigenvalue weighted by molar-refractivity contribution is 0.0696. The van der Waals surface area contributed by atoms with Crippen molar-refractivity contribution >= 4 is 17.6 Å². The van der Waals surface area contributed by atoms with Crippen LogP contribution in [0.3, 0.4) is 0 Å². The fourth-order valence-electron chi connectivity index (χ4n) is 2.31. The van der Waals surface area contributed by atoms with E-state index in [0.717, 1.165) is 11.1 Å². The Morgan fingerprint density at radius 2 is 1.79 bits per heavy atom. The Kier molecular flexibility index (Phi) is 4.77. The summed E-state index contributed by atoms with van der Waals surface area (Å²) < 4.78 is 5.90. The number of carboxylic acid groups (broad SMARTS) is 1. The summed E-state index contributed by atoms with van der Waals surface area (Å²) in [5.41, 5.74) is 2.42. The number of hydrogen-bond acceptors (Lipinski definition) is 3. The highest BCUT2D eigenvalue weighted by Crippen LogP contribution is 2.31. The SMILES string of the molecule is O=C(O)c1cc(-c2ccccc2OCc2ccccc2)cnc1Cl. The number of ether oxygens (including phenoxy) is 1. The minimum atomic E-state index is -1.11. The van der Waals surface area contributed by atoms with Crippen LogP contribution in [-0.2, 0) is 6.61 Å². The monoisotopic (exact) mass is 339 g/mol. The molecule has 5 heteroatoms. The van der Waals surface area contributed by atoms with Crippen LogP contribution < -0.4 is 4.74 Å². The van der Waals surface area contributed by atoms with Gasteiger partial charge in [0.25, 0.3) is 0 Å². The van der Waals surface area contributed by atoms with Crippen LogP contribution in [-0.4, -0.2) is 16.1 Å². The zero-order valence-corrected chi connectivity index (χ0v) is 13.4. The number of halogens is 1. The summed E-state index contributed by atoms with van der Waals surface area (Å²) in [6.45, 7) is 0.421. The van der Waals surface area contributed by atoms with Crippen LogP contribution in [0.25, 0.3) is 11.1 Å². The van der Waals surface area contributed by atoms with Crippen LogP contribution in [0.15, 0.2) is 66.9 Å². The third-order valence-corrected chi connectivity index (χ3v) is 3.81. The molecule has 0 unspecified atom stereocenters. The maximum atomic E-state index is 11.2. The summed E-state index contributed by atoms with van der Waals surface area (Å²) in [6, 6.07) is 18.7. The van der Waals surface area contributed by atoms with Gasteiger partial charge in [-0.05, 0) is 17.7 Å². The van der Waals surface area contributed by atoms with Crippen molar-refractivity contribution in [3.63, 3.8) is 0 Å². The lowest BCUT2D eigenvalue weighted by atomic mass is 10.0. The molecule has 0 aliphatic rings. The standard InChI is InChI=1S/C19H14ClNO3/c20-18-16(19(22)23)10-14(11-21-18)15-8-4-5-9-17(15)24-12-13-6-2-1-3-7-13/h1-11H,12H2,(H,22,23). The molecule has 0 radical (unpaired) electrons. The zero-order chi connectivity index (χ0) is 16.9. The minimum Gasteiger partial charge on any atom is -0.488 e. The van der Waals surface area contributed by atoms with Gasteiger partial charge in [-0.1, -0.05) is 60.1 Å². The van der Waals surface area contributed by atoms with Gasteiger partial charge in [0.15, 0.2) is 0 Å². The molecule has 0 spiro atoms. The van der Waals surface area contributed by atoms with Gasteiger partial charge < -0.3 is 9.84 Å². The molecule has 0 saturated heterocycles. The number of hydrogen-bond donors (Lipinski definition) is 1. The summed E-state index contributed by atoms with van der Waals surface area (Å²) >= 11 is 5.84. The van der Waals surface area contributed by atoms with Crippen molar-refractivity contribution < 1.29 is 14.6 Å². The molecule has 1 N–H and O–H groups in total. The van der Waals surface area contributed by atoms with E-state index in [4.69, 9.17) is 16.3 Å². The molecule has 2 aromatic carbocycles. The minimum absolute atomic E-state index is 0.0334. The third-order valence-electron chi connectivity index (χ3n) is 3.50. The van der Waals surface area contributed by atoms with Gasteiger partial charge in [0.2, 0.25) is 0 Å². The second-order valence-electron chi connectivity index (χ2n) is 5.14. The quantitative estimate of drug-likeness (QED) is 0.686. The molecule has 0 bridgehead atoms. The fourth-order valence-corrected chi connectivity index (χ4v) is 2.50. The van der Waals surface area contributed by atoms with Crippen LogP contribution in [0, 0.1) is 0 Å². The molecule has 4 nitrogen and oxygen atoms in total. The van der Waals surface area contributed by atoms with Crippen molar-refractivity contribution in [2.45, 2.75) is 6.61 Å². The Balaban J connectivity index is 1.92. The average Bonchev–Trinajstić information content (AvgIpc) is 2.61. The Morgan fingerprint density at radius 3 is 2.54 bits per heavy atom. The van der Waals surface area contributed by atoms with E-state index in [1.54, 1.807) is 6.20 Å². The highest BCUT2D eigenvalue weighted by atomic mass is 35.5. The van der Waals surface area contributed by atoms with Crippen LogP contribution >= 0.6 is 11.6 Å². The van der Waals surface area contributed by atoms with E-state index in [2.05, 4.69) is 4.98 Å². The number of aromatic nitrogens is 1. The van der Waals surface area contributed by atoms with Crippen molar-refractivity contribution in [2.24, 2.45) is 0 Å². The molecule has 0 amide bonds. The highest BCUT2D eigenvalue weighted by molar-refractivity contribution is 6.32. The van der Waals surface area contributed by atoms with Crippen molar-refractivity contribution in [3.05, 3.63) is 83.1 Å². The fraction of sp³-hybridized carbons (Fsp3) is 0.0526. The van der Waals surface area contributed by atoms with E-state index >= 15 is 0 Å². The molecule has 1 heterocycles. The molecular formula is C19H14ClNO3. The second kappa shape index (κ2) is 7.15. The van der Waals surface area contributed by atoms with E-state index in [-0.39, 0.29) is 10.7 Å². The Bertz CT molecular complexity index is 865. The van der Waals surface area contributed by atoms with Crippen molar-refractivity contribution in [1.29, 1.82) is 0 Å². The second-order valence-corrected chi connectivity index (χ2v) is 5.50. The van der Waals surface area contributed by atoms with Crippen LogP contribution in [0.2, 0.25) is 5.15 Å². The summed E-state index contributed by atoms with van der Waals surface area (Å²) in [5, 5.41) is 9.17. The number of nitrogens with zero attached hydrogens (tertiary/aromatic N) is 1. The largest absolute Gasteiger partial charge is 0.488 e. The zero-order valence-electron chi connectivity index (χ0n) is 12.6. The van der Waals surface area contributed by atoms with E-state index in [9.17, 15) is 9.90 Å². The molecule has 24 heavy (non-hydrogen) atoms. The number of benzene rings is 2. The first kappa shape index (κ1) is 16.0. The first-order valence-electron chi connectivity index (χ1n) is 7.30. The lowest BCUT2D eigenvalue weighted by Gasteiger charge is -2.12. The van der Waals surface area contributed by atoms with Gasteiger partial charge in [-0.15, -0.1) is 0 Å². The van der Waals surface area contributed by atoms with Gasteiger partial charge in [-0.3, -0.25) is 0 Å². The van der Waals surface area contributed by atoms with Crippen molar-refractivity contribution in [1.82, 2.24) is 4.98 Å². The molecule has 0 saturated carbocycles. The molecule has 3 rings (SSSR count). The van der Waals surface area contributed by atoms with Crippen molar-refractivity contribution in [3.8, 4) is 16.9 Å².